The number of rotatable bonds is 6. The molecule has 2 saturated heterocycles. The summed E-state index contributed by atoms with van der Waals surface area (Å²) in [5.41, 5.74) is 0. The van der Waals surface area contributed by atoms with Gasteiger partial charge in [0.2, 0.25) is 5.91 Å². The monoisotopic (exact) mass is 411 g/mol. The third-order valence-corrected chi connectivity index (χ3v) is 5.03. The Balaban J connectivity index is 2.18. The first-order valence-electron chi connectivity index (χ1n) is 9.03. The highest BCUT2D eigenvalue weighted by Gasteiger charge is 2.51. The van der Waals surface area contributed by atoms with Gasteiger partial charge in [-0.15, -0.1) is 0 Å². The van der Waals surface area contributed by atoms with Crippen molar-refractivity contribution in [1.82, 2.24) is 4.90 Å². The van der Waals surface area contributed by atoms with E-state index >= 15 is 0 Å². The number of aliphatic hydroxyl groups is 7. The molecule has 1 amide bonds. The van der Waals surface area contributed by atoms with Gasteiger partial charge in [0.25, 0.3) is 0 Å². The molecule has 0 saturated carbocycles. The average molecular weight is 411 g/mol. The van der Waals surface area contributed by atoms with Crippen LogP contribution in [0.5, 0.6) is 0 Å². The highest BCUT2D eigenvalue weighted by atomic mass is 16.7. The van der Waals surface area contributed by atoms with Crippen LogP contribution in [0.4, 0.5) is 0 Å². The molecule has 2 heterocycles. The van der Waals surface area contributed by atoms with Gasteiger partial charge in [-0.1, -0.05) is 0 Å². The fourth-order valence-corrected chi connectivity index (χ4v) is 3.41. The number of hydrogen-bond acceptors (Lipinski definition) is 11. The van der Waals surface area contributed by atoms with E-state index in [0.717, 1.165) is 0 Å². The van der Waals surface area contributed by atoms with Crippen LogP contribution in [0.3, 0.4) is 0 Å². The highest BCUT2D eigenvalue weighted by molar-refractivity contribution is 5.73. The lowest BCUT2D eigenvalue weighted by Gasteiger charge is -2.48. The molecule has 12 heteroatoms. The number of carbonyl (C=O) groups excluding carboxylic acids is 1. The van der Waals surface area contributed by atoms with Crippen molar-refractivity contribution in [2.24, 2.45) is 0 Å². The van der Waals surface area contributed by atoms with Crippen molar-refractivity contribution in [3.05, 3.63) is 0 Å². The third kappa shape index (κ3) is 4.46. The molecule has 2 rings (SSSR count). The zero-order chi connectivity index (χ0) is 21.2. The maximum Gasteiger partial charge on any atom is 0.221 e. The van der Waals surface area contributed by atoms with Crippen molar-refractivity contribution < 1.29 is 54.8 Å². The maximum atomic E-state index is 11.7. The molecule has 0 aromatic carbocycles. The Labute approximate surface area is 161 Å². The van der Waals surface area contributed by atoms with Crippen molar-refractivity contribution >= 4 is 5.91 Å². The minimum Gasteiger partial charge on any atom is -0.394 e. The van der Waals surface area contributed by atoms with Crippen molar-refractivity contribution in [3.63, 3.8) is 0 Å². The van der Waals surface area contributed by atoms with Gasteiger partial charge in [0.15, 0.2) is 12.5 Å². The van der Waals surface area contributed by atoms with Crippen LogP contribution in [-0.2, 0) is 19.0 Å². The zero-order valence-corrected chi connectivity index (χ0v) is 15.6. The first kappa shape index (κ1) is 23.3. The third-order valence-electron chi connectivity index (χ3n) is 5.03. The molecule has 164 valence electrons. The molecule has 10 atom stereocenters. The molecule has 12 nitrogen and oxygen atoms in total. The Bertz CT molecular complexity index is 519. The fraction of sp³-hybridized carbons (Fsp3) is 0.938. The number of nitrogens with zero attached hydrogens (tertiary/aromatic N) is 1. The van der Waals surface area contributed by atoms with E-state index in [4.69, 9.17) is 14.2 Å². The van der Waals surface area contributed by atoms with Crippen LogP contribution in [-0.4, -0.2) is 128 Å². The number of amides is 1. The molecule has 28 heavy (non-hydrogen) atoms. The summed E-state index contributed by atoms with van der Waals surface area (Å²) in [6, 6.07) is 0. The second kappa shape index (κ2) is 9.71. The quantitative estimate of drug-likeness (QED) is 0.223. The molecule has 2 aliphatic rings. The lowest BCUT2D eigenvalue weighted by molar-refractivity contribution is -0.347. The Morgan fingerprint density at radius 2 is 1.50 bits per heavy atom. The largest absolute Gasteiger partial charge is 0.394 e. The van der Waals surface area contributed by atoms with Gasteiger partial charge in [0.05, 0.1) is 13.2 Å². The van der Waals surface area contributed by atoms with Crippen LogP contribution in [0.15, 0.2) is 0 Å². The SMILES string of the molecule is CCN(C(C)=O)[C@@H]1O[C@@H](CO)[C@@H](O[C@@H]2OC(CO)[C@@H](O)[C@H](O)C2O)C(O)C1O. The van der Waals surface area contributed by atoms with Gasteiger partial charge in [-0.25, -0.2) is 0 Å². The van der Waals surface area contributed by atoms with Crippen molar-refractivity contribution in [2.45, 2.75) is 75.2 Å². The summed E-state index contributed by atoms with van der Waals surface area (Å²) in [5.74, 6) is -0.413. The summed E-state index contributed by atoms with van der Waals surface area (Å²) in [7, 11) is 0. The second-order valence-corrected chi connectivity index (χ2v) is 6.83. The summed E-state index contributed by atoms with van der Waals surface area (Å²) in [6.45, 7) is 1.76. The van der Waals surface area contributed by atoms with Gasteiger partial charge in [0, 0.05) is 13.5 Å². The number of aliphatic hydroxyl groups excluding tert-OH is 7. The molecular formula is C16H29NO11. The normalized spacial score (nSPS) is 44.3. The van der Waals surface area contributed by atoms with E-state index in [2.05, 4.69) is 0 Å². The van der Waals surface area contributed by atoms with E-state index in [1.165, 1.54) is 11.8 Å². The summed E-state index contributed by atoms with van der Waals surface area (Å²) in [6.07, 6.45) is -14.9. The van der Waals surface area contributed by atoms with Crippen LogP contribution in [0.1, 0.15) is 13.8 Å². The lowest BCUT2D eigenvalue weighted by Crippen LogP contribution is -2.67. The average Bonchev–Trinajstić information content (AvgIpc) is 2.67. The van der Waals surface area contributed by atoms with Crippen LogP contribution in [0, 0.1) is 0 Å². The molecule has 0 spiro atoms. The van der Waals surface area contributed by atoms with Gasteiger partial charge in [-0.2, -0.15) is 0 Å². The van der Waals surface area contributed by atoms with E-state index in [1.807, 2.05) is 0 Å². The zero-order valence-electron chi connectivity index (χ0n) is 15.6. The Hall–Kier alpha value is -0.930. The van der Waals surface area contributed by atoms with E-state index in [-0.39, 0.29) is 6.54 Å². The topological polar surface area (TPSA) is 190 Å². The first-order chi connectivity index (χ1) is 13.2. The highest BCUT2D eigenvalue weighted by Crippen LogP contribution is 2.30. The minimum atomic E-state index is -1.73. The molecular weight excluding hydrogens is 382 g/mol. The molecule has 0 aromatic rings. The Morgan fingerprint density at radius 3 is 2.00 bits per heavy atom. The number of hydrogen-bond donors (Lipinski definition) is 7. The summed E-state index contributed by atoms with van der Waals surface area (Å²) >= 11 is 0. The molecule has 7 N–H and O–H groups in total. The number of carbonyl (C=O) groups is 1. The number of likely N-dealkylation sites (N-methyl/N-ethyl adjacent to an activating group) is 1. The van der Waals surface area contributed by atoms with Crippen LogP contribution < -0.4 is 0 Å². The molecule has 2 aliphatic heterocycles. The van der Waals surface area contributed by atoms with Crippen LogP contribution in [0.2, 0.25) is 0 Å². The fourth-order valence-electron chi connectivity index (χ4n) is 3.41. The van der Waals surface area contributed by atoms with Gasteiger partial charge in [-0.05, 0) is 6.92 Å². The van der Waals surface area contributed by atoms with Gasteiger partial charge in [0.1, 0.15) is 48.8 Å². The molecule has 0 aliphatic carbocycles. The van der Waals surface area contributed by atoms with Gasteiger partial charge in [-0.3, -0.25) is 4.79 Å². The second-order valence-electron chi connectivity index (χ2n) is 6.83. The minimum absolute atomic E-state index is 0.181. The summed E-state index contributed by atoms with van der Waals surface area (Å²) < 4.78 is 16.2. The summed E-state index contributed by atoms with van der Waals surface area (Å²) in [4.78, 5) is 12.9. The van der Waals surface area contributed by atoms with Gasteiger partial charge < -0.3 is 54.9 Å². The molecule has 0 radical (unpaired) electrons. The maximum absolute atomic E-state index is 11.7. The predicted molar refractivity (Wildman–Crippen MR) is 89.5 cm³/mol. The summed E-state index contributed by atoms with van der Waals surface area (Å²) in [5, 5.41) is 69.5. The van der Waals surface area contributed by atoms with Gasteiger partial charge >= 0.3 is 0 Å². The van der Waals surface area contributed by atoms with Crippen LogP contribution >= 0.6 is 0 Å². The lowest BCUT2D eigenvalue weighted by atomic mass is 9.96. The van der Waals surface area contributed by atoms with E-state index in [0.29, 0.717) is 0 Å². The van der Waals surface area contributed by atoms with Crippen molar-refractivity contribution in [2.75, 3.05) is 19.8 Å². The van der Waals surface area contributed by atoms with E-state index in [1.54, 1.807) is 6.92 Å². The Morgan fingerprint density at radius 1 is 0.893 bits per heavy atom. The number of ether oxygens (including phenoxy) is 3. The van der Waals surface area contributed by atoms with Crippen LogP contribution in [0.25, 0.3) is 0 Å². The molecule has 2 fully saturated rings. The van der Waals surface area contributed by atoms with E-state index in [9.17, 15) is 40.5 Å². The van der Waals surface area contributed by atoms with Crippen molar-refractivity contribution in [3.8, 4) is 0 Å². The Kier molecular flexibility index (Phi) is 8.10. The first-order valence-corrected chi connectivity index (χ1v) is 9.03. The van der Waals surface area contributed by atoms with E-state index < -0.39 is 80.5 Å². The van der Waals surface area contributed by atoms with Crippen molar-refractivity contribution in [1.29, 1.82) is 0 Å². The smallest absolute Gasteiger partial charge is 0.221 e. The molecule has 0 aromatic heterocycles. The molecule has 0 bridgehead atoms. The standard InChI is InChI=1S/C16H29NO11/c1-3-17(6(2)20)15-12(24)11(23)14(8(5-19)26-15)28-16-13(25)10(22)9(21)7(4-18)27-16/h7-16,18-19,21-25H,3-5H2,1-2H3/t7?,8-,9+,10-,11?,12?,13?,14+,15+,16-/m0/s1. The predicted octanol–water partition coefficient (Wildman–Crippen LogP) is -4.52. The molecule has 4 unspecified atom stereocenters.